The fourth-order valence-electron chi connectivity index (χ4n) is 2.03. The van der Waals surface area contributed by atoms with Gasteiger partial charge in [0.25, 0.3) is 5.91 Å². The number of carbonyl (C=O) groups excluding carboxylic acids is 1. The molecule has 0 aliphatic heterocycles. The number of unbranched alkanes of at least 4 members (excludes halogenated alkanes) is 3. The standard InChI is InChI=1S/C13H24N4O2/c1-3-4-5-6-7-17(8-9-18)13(19)12-11(14)10-15-16(12)2/h10,18H,3-9,14H2,1-2H3. The van der Waals surface area contributed by atoms with Crippen LogP contribution in [0.25, 0.3) is 0 Å². The number of nitrogens with zero attached hydrogens (tertiary/aromatic N) is 3. The topological polar surface area (TPSA) is 84.4 Å². The van der Waals surface area contributed by atoms with Crippen molar-refractivity contribution in [3.63, 3.8) is 0 Å². The molecule has 1 amide bonds. The zero-order valence-corrected chi connectivity index (χ0v) is 11.8. The summed E-state index contributed by atoms with van der Waals surface area (Å²) in [4.78, 5) is 14.0. The van der Waals surface area contributed by atoms with E-state index in [2.05, 4.69) is 12.0 Å². The van der Waals surface area contributed by atoms with E-state index in [1.165, 1.54) is 10.9 Å². The maximum absolute atomic E-state index is 12.4. The lowest BCUT2D eigenvalue weighted by Crippen LogP contribution is -2.36. The van der Waals surface area contributed by atoms with Crippen LogP contribution in [0.2, 0.25) is 0 Å². The average molecular weight is 268 g/mol. The van der Waals surface area contributed by atoms with Crippen LogP contribution in [0.5, 0.6) is 0 Å². The number of carbonyl (C=O) groups is 1. The van der Waals surface area contributed by atoms with Crippen LogP contribution in [0, 0.1) is 0 Å². The minimum atomic E-state index is -0.164. The highest BCUT2D eigenvalue weighted by atomic mass is 16.3. The summed E-state index contributed by atoms with van der Waals surface area (Å²) in [7, 11) is 1.69. The van der Waals surface area contributed by atoms with E-state index in [1.54, 1.807) is 11.9 Å². The highest BCUT2D eigenvalue weighted by Crippen LogP contribution is 2.13. The molecule has 0 aliphatic carbocycles. The Labute approximate surface area is 114 Å². The Morgan fingerprint density at radius 3 is 2.68 bits per heavy atom. The van der Waals surface area contributed by atoms with Crippen molar-refractivity contribution < 1.29 is 9.90 Å². The highest BCUT2D eigenvalue weighted by molar-refractivity contribution is 5.97. The Morgan fingerprint density at radius 1 is 1.42 bits per heavy atom. The Hall–Kier alpha value is -1.56. The molecule has 0 bridgehead atoms. The van der Waals surface area contributed by atoms with Crippen LogP contribution in [-0.2, 0) is 7.05 Å². The molecule has 0 aliphatic rings. The van der Waals surface area contributed by atoms with Gasteiger partial charge in [-0.25, -0.2) is 0 Å². The molecule has 0 aromatic carbocycles. The summed E-state index contributed by atoms with van der Waals surface area (Å²) in [5.41, 5.74) is 6.53. The van der Waals surface area contributed by atoms with Crippen molar-refractivity contribution in [2.45, 2.75) is 32.6 Å². The summed E-state index contributed by atoms with van der Waals surface area (Å²) in [5, 5.41) is 13.0. The molecule has 1 aromatic rings. The predicted octanol–water partition coefficient (Wildman–Crippen LogP) is 1.02. The van der Waals surface area contributed by atoms with Crippen LogP contribution in [0.1, 0.15) is 43.1 Å². The van der Waals surface area contributed by atoms with Gasteiger partial charge < -0.3 is 15.7 Å². The first kappa shape index (κ1) is 15.5. The first-order valence-electron chi connectivity index (χ1n) is 6.79. The molecule has 6 heteroatoms. The van der Waals surface area contributed by atoms with Gasteiger partial charge in [0.05, 0.1) is 18.5 Å². The van der Waals surface area contributed by atoms with Crippen LogP contribution in [-0.4, -0.2) is 45.4 Å². The molecule has 1 aromatic heterocycles. The molecule has 0 atom stereocenters. The summed E-state index contributed by atoms with van der Waals surface area (Å²) in [6.45, 7) is 3.07. The number of anilines is 1. The second-order valence-corrected chi connectivity index (χ2v) is 4.65. The summed E-state index contributed by atoms with van der Waals surface area (Å²) in [6.07, 6.45) is 5.82. The molecule has 108 valence electrons. The van der Waals surface area contributed by atoms with Crippen molar-refractivity contribution in [2.24, 2.45) is 7.05 Å². The van der Waals surface area contributed by atoms with E-state index in [-0.39, 0.29) is 12.5 Å². The van der Waals surface area contributed by atoms with Crippen LogP contribution >= 0.6 is 0 Å². The number of nitrogens with two attached hydrogens (primary N) is 1. The Bertz CT molecular complexity index is 384. The molecular weight excluding hydrogens is 244 g/mol. The summed E-state index contributed by atoms with van der Waals surface area (Å²) in [6, 6.07) is 0. The molecule has 0 saturated heterocycles. The van der Waals surface area contributed by atoms with E-state index in [9.17, 15) is 4.79 Å². The largest absolute Gasteiger partial charge is 0.396 e. The normalized spacial score (nSPS) is 10.7. The second kappa shape index (κ2) is 7.78. The highest BCUT2D eigenvalue weighted by Gasteiger charge is 2.21. The minimum Gasteiger partial charge on any atom is -0.396 e. The first-order valence-corrected chi connectivity index (χ1v) is 6.79. The maximum Gasteiger partial charge on any atom is 0.274 e. The van der Waals surface area contributed by atoms with Gasteiger partial charge in [0.1, 0.15) is 5.69 Å². The maximum atomic E-state index is 12.4. The van der Waals surface area contributed by atoms with E-state index in [1.807, 2.05) is 0 Å². The Kier molecular flexibility index (Phi) is 6.35. The van der Waals surface area contributed by atoms with Crippen LogP contribution in [0.4, 0.5) is 5.69 Å². The smallest absolute Gasteiger partial charge is 0.274 e. The number of rotatable bonds is 8. The third-order valence-electron chi connectivity index (χ3n) is 3.11. The molecule has 0 fully saturated rings. The Balaban J connectivity index is 2.67. The van der Waals surface area contributed by atoms with Gasteiger partial charge in [-0.05, 0) is 6.42 Å². The molecule has 3 N–H and O–H groups in total. The van der Waals surface area contributed by atoms with Crippen LogP contribution in [0.3, 0.4) is 0 Å². The molecule has 1 heterocycles. The van der Waals surface area contributed by atoms with Crippen molar-refractivity contribution in [2.75, 3.05) is 25.4 Å². The number of nitrogen functional groups attached to an aromatic ring is 1. The number of aromatic nitrogens is 2. The van der Waals surface area contributed by atoms with E-state index >= 15 is 0 Å². The van der Waals surface area contributed by atoms with E-state index in [0.717, 1.165) is 25.7 Å². The van der Waals surface area contributed by atoms with Crippen molar-refractivity contribution in [1.82, 2.24) is 14.7 Å². The molecule has 19 heavy (non-hydrogen) atoms. The quantitative estimate of drug-likeness (QED) is 0.689. The lowest BCUT2D eigenvalue weighted by atomic mass is 10.2. The summed E-state index contributed by atoms with van der Waals surface area (Å²) in [5.74, 6) is -0.164. The van der Waals surface area contributed by atoms with Gasteiger partial charge in [-0.1, -0.05) is 26.2 Å². The zero-order valence-electron chi connectivity index (χ0n) is 11.8. The summed E-state index contributed by atoms with van der Waals surface area (Å²) < 4.78 is 1.48. The van der Waals surface area contributed by atoms with E-state index < -0.39 is 0 Å². The second-order valence-electron chi connectivity index (χ2n) is 4.65. The van der Waals surface area contributed by atoms with E-state index in [4.69, 9.17) is 10.8 Å². The molecule has 0 spiro atoms. The number of amides is 1. The van der Waals surface area contributed by atoms with Crippen LogP contribution in [0.15, 0.2) is 6.20 Å². The third kappa shape index (κ3) is 4.24. The van der Waals surface area contributed by atoms with Crippen molar-refractivity contribution >= 4 is 11.6 Å². The van der Waals surface area contributed by atoms with E-state index in [0.29, 0.717) is 24.5 Å². The average Bonchev–Trinajstić information content (AvgIpc) is 2.72. The van der Waals surface area contributed by atoms with Gasteiger partial charge in [0.2, 0.25) is 0 Å². The van der Waals surface area contributed by atoms with Gasteiger partial charge in [-0.15, -0.1) is 0 Å². The van der Waals surface area contributed by atoms with Gasteiger partial charge >= 0.3 is 0 Å². The number of hydrogen-bond acceptors (Lipinski definition) is 4. The molecule has 6 nitrogen and oxygen atoms in total. The van der Waals surface area contributed by atoms with Gasteiger partial charge in [0.15, 0.2) is 0 Å². The minimum absolute atomic E-state index is 0.0444. The zero-order chi connectivity index (χ0) is 14.3. The number of aryl methyl sites for hydroxylation is 1. The van der Waals surface area contributed by atoms with Crippen LogP contribution < -0.4 is 5.73 Å². The molecule has 0 unspecified atom stereocenters. The van der Waals surface area contributed by atoms with Gasteiger partial charge in [-0.3, -0.25) is 9.48 Å². The molecular formula is C13H24N4O2. The molecule has 0 radical (unpaired) electrons. The fraction of sp³-hybridized carbons (Fsp3) is 0.692. The lowest BCUT2D eigenvalue weighted by Gasteiger charge is -2.22. The lowest BCUT2D eigenvalue weighted by molar-refractivity contribution is 0.0708. The number of aliphatic hydroxyl groups is 1. The van der Waals surface area contributed by atoms with Crippen molar-refractivity contribution in [3.8, 4) is 0 Å². The monoisotopic (exact) mass is 268 g/mol. The third-order valence-corrected chi connectivity index (χ3v) is 3.11. The van der Waals surface area contributed by atoms with Crippen molar-refractivity contribution in [3.05, 3.63) is 11.9 Å². The first-order chi connectivity index (χ1) is 9.11. The molecule has 0 saturated carbocycles. The fourth-order valence-corrected chi connectivity index (χ4v) is 2.03. The Morgan fingerprint density at radius 2 is 2.16 bits per heavy atom. The molecule has 1 rings (SSSR count). The van der Waals surface area contributed by atoms with Gasteiger partial charge in [0, 0.05) is 20.1 Å². The number of hydrogen-bond donors (Lipinski definition) is 2. The summed E-state index contributed by atoms with van der Waals surface area (Å²) >= 11 is 0. The SMILES string of the molecule is CCCCCCN(CCO)C(=O)c1c(N)cnn1C. The number of aliphatic hydroxyl groups excluding tert-OH is 1. The predicted molar refractivity (Wildman–Crippen MR) is 74.8 cm³/mol. The van der Waals surface area contributed by atoms with Crippen molar-refractivity contribution in [1.29, 1.82) is 0 Å². The van der Waals surface area contributed by atoms with Gasteiger partial charge in [-0.2, -0.15) is 5.10 Å².